The van der Waals surface area contributed by atoms with Gasteiger partial charge in [-0.05, 0) is 43.9 Å². The topological polar surface area (TPSA) is 94.5 Å². The summed E-state index contributed by atoms with van der Waals surface area (Å²) in [6, 6.07) is 11.4. The highest BCUT2D eigenvalue weighted by molar-refractivity contribution is 6.14. The van der Waals surface area contributed by atoms with E-state index in [2.05, 4.69) is 10.6 Å². The fourth-order valence-corrected chi connectivity index (χ4v) is 5.34. The first-order valence-electron chi connectivity index (χ1n) is 13.0. The van der Waals surface area contributed by atoms with Crippen molar-refractivity contribution in [1.29, 1.82) is 0 Å². The lowest BCUT2D eigenvalue weighted by Gasteiger charge is -2.17. The molecule has 1 aromatic carbocycles. The summed E-state index contributed by atoms with van der Waals surface area (Å²) in [5.74, 6) is -0.813. The van der Waals surface area contributed by atoms with Gasteiger partial charge in [0.05, 0.1) is 37.3 Å². The number of aromatic nitrogens is 2. The van der Waals surface area contributed by atoms with E-state index in [1.807, 2.05) is 35.0 Å². The lowest BCUT2D eigenvalue weighted by atomic mass is 10.1. The second kappa shape index (κ2) is 11.1. The summed E-state index contributed by atoms with van der Waals surface area (Å²) in [5, 5.41) is 7.35. The molecule has 0 radical (unpaired) electrons. The number of fused-ring (bicyclic) bond motifs is 1. The van der Waals surface area contributed by atoms with Crippen LogP contribution in [0, 0.1) is 0 Å². The Balaban J connectivity index is 1.58. The Morgan fingerprint density at radius 1 is 1.08 bits per heavy atom. The van der Waals surface area contributed by atoms with Gasteiger partial charge in [0.15, 0.2) is 5.69 Å². The average molecular weight is 491 g/mol. The summed E-state index contributed by atoms with van der Waals surface area (Å²) in [7, 11) is 1.35. The van der Waals surface area contributed by atoms with Crippen molar-refractivity contribution in [3.8, 4) is 0 Å². The Labute approximate surface area is 211 Å². The minimum absolute atomic E-state index is 0.0210. The molecule has 2 fully saturated rings. The van der Waals surface area contributed by atoms with Gasteiger partial charge >= 0.3 is 5.97 Å². The number of hydrogen-bond acceptors (Lipinski definition) is 6. The number of hydrogen-bond donors (Lipinski definition) is 2. The third-order valence-corrected chi connectivity index (χ3v) is 7.19. The Morgan fingerprint density at radius 3 is 2.56 bits per heavy atom. The molecule has 8 nitrogen and oxygen atoms in total. The number of nitrogens with zero attached hydrogens (tertiary/aromatic N) is 2. The molecule has 1 atom stereocenters. The lowest BCUT2D eigenvalue weighted by molar-refractivity contribution is 0.0580. The summed E-state index contributed by atoms with van der Waals surface area (Å²) in [5.41, 5.74) is 2.72. The Hall–Kier alpha value is -3.39. The first-order chi connectivity index (χ1) is 17.6. The molecule has 8 heteroatoms. The van der Waals surface area contributed by atoms with Crippen LogP contribution in [0.3, 0.4) is 0 Å². The molecule has 0 unspecified atom stereocenters. The van der Waals surface area contributed by atoms with Crippen molar-refractivity contribution in [3.05, 3.63) is 53.9 Å². The van der Waals surface area contributed by atoms with Crippen molar-refractivity contribution < 1.29 is 19.1 Å². The molecule has 0 bridgehead atoms. The first kappa shape index (κ1) is 24.3. The van der Waals surface area contributed by atoms with Gasteiger partial charge in [-0.3, -0.25) is 4.79 Å². The van der Waals surface area contributed by atoms with Crippen molar-refractivity contribution in [3.63, 3.8) is 0 Å². The summed E-state index contributed by atoms with van der Waals surface area (Å²) < 4.78 is 12.9. The van der Waals surface area contributed by atoms with E-state index in [4.69, 9.17) is 14.5 Å². The second-order valence-corrected chi connectivity index (χ2v) is 9.71. The van der Waals surface area contributed by atoms with Gasteiger partial charge in [0.1, 0.15) is 5.65 Å². The maximum absolute atomic E-state index is 13.2. The molecule has 1 saturated heterocycles. The fourth-order valence-electron chi connectivity index (χ4n) is 5.34. The number of carbonyl (C=O) groups is 2. The summed E-state index contributed by atoms with van der Waals surface area (Å²) in [6.45, 7) is 1.17. The van der Waals surface area contributed by atoms with Gasteiger partial charge in [-0.1, -0.05) is 43.9 Å². The zero-order valence-electron chi connectivity index (χ0n) is 20.8. The van der Waals surface area contributed by atoms with Crippen LogP contribution in [0.5, 0.6) is 0 Å². The molecule has 2 aliphatic rings. The van der Waals surface area contributed by atoms with E-state index in [0.717, 1.165) is 31.4 Å². The number of anilines is 2. The summed E-state index contributed by atoms with van der Waals surface area (Å²) in [4.78, 5) is 31.0. The zero-order valence-corrected chi connectivity index (χ0v) is 20.8. The predicted molar refractivity (Wildman–Crippen MR) is 140 cm³/mol. The number of esters is 1. The number of ether oxygens (including phenoxy) is 2. The molecule has 36 heavy (non-hydrogen) atoms. The van der Waals surface area contributed by atoms with Gasteiger partial charge in [-0.15, -0.1) is 0 Å². The van der Waals surface area contributed by atoms with Crippen LogP contribution in [0.25, 0.3) is 11.0 Å². The van der Waals surface area contributed by atoms with Crippen LogP contribution in [0.2, 0.25) is 0 Å². The van der Waals surface area contributed by atoms with Crippen LogP contribution in [0.1, 0.15) is 72.2 Å². The van der Waals surface area contributed by atoms with Crippen LogP contribution in [-0.4, -0.2) is 47.3 Å². The van der Waals surface area contributed by atoms with Gasteiger partial charge in [0.2, 0.25) is 0 Å². The van der Waals surface area contributed by atoms with Gasteiger partial charge in [-0.25, -0.2) is 9.78 Å². The van der Waals surface area contributed by atoms with Gasteiger partial charge in [-0.2, -0.15) is 0 Å². The maximum Gasteiger partial charge on any atom is 0.356 e. The molecule has 1 aliphatic heterocycles. The molecule has 1 saturated carbocycles. The minimum atomic E-state index is -0.521. The van der Waals surface area contributed by atoms with Gasteiger partial charge < -0.3 is 24.7 Å². The number of benzene rings is 1. The van der Waals surface area contributed by atoms with Crippen LogP contribution >= 0.6 is 0 Å². The highest BCUT2D eigenvalue weighted by atomic mass is 16.5. The summed E-state index contributed by atoms with van der Waals surface area (Å²) in [6.07, 6.45) is 10.9. The molecule has 1 amide bonds. The Morgan fingerprint density at radius 2 is 1.86 bits per heavy atom. The molecule has 3 aromatic rings. The van der Waals surface area contributed by atoms with Crippen LogP contribution in [0.4, 0.5) is 11.4 Å². The molecular formula is C28H34N4O4. The van der Waals surface area contributed by atoms with E-state index in [-0.39, 0.29) is 17.7 Å². The number of carbonyl (C=O) groups excluding carboxylic acids is 2. The normalized spacial score (nSPS) is 18.6. The van der Waals surface area contributed by atoms with Crippen molar-refractivity contribution in [1.82, 2.24) is 9.55 Å². The van der Waals surface area contributed by atoms with Crippen molar-refractivity contribution in [2.45, 2.75) is 70.1 Å². The predicted octanol–water partition coefficient (Wildman–Crippen LogP) is 5.39. The second-order valence-electron chi connectivity index (χ2n) is 9.71. The molecule has 0 spiro atoms. The van der Waals surface area contributed by atoms with Gasteiger partial charge in [0.25, 0.3) is 5.91 Å². The highest BCUT2D eigenvalue weighted by Gasteiger charge is 2.29. The average Bonchev–Trinajstić information content (AvgIpc) is 3.43. The third kappa shape index (κ3) is 5.23. The number of methoxy groups -OCH3 is 1. The zero-order chi connectivity index (χ0) is 24.9. The van der Waals surface area contributed by atoms with Crippen LogP contribution in [0.15, 0.2) is 42.6 Å². The lowest BCUT2D eigenvalue weighted by Crippen LogP contribution is -2.21. The number of pyridine rings is 1. The van der Waals surface area contributed by atoms with Crippen molar-refractivity contribution in [2.75, 3.05) is 24.4 Å². The monoisotopic (exact) mass is 490 g/mol. The molecule has 190 valence electrons. The fraction of sp³-hybridized carbons (Fsp3) is 0.464. The molecule has 1 aliphatic carbocycles. The molecule has 2 aromatic heterocycles. The third-order valence-electron chi connectivity index (χ3n) is 7.19. The number of amides is 1. The first-order valence-corrected chi connectivity index (χ1v) is 13.0. The van der Waals surface area contributed by atoms with E-state index in [0.29, 0.717) is 41.5 Å². The van der Waals surface area contributed by atoms with Crippen LogP contribution < -0.4 is 10.6 Å². The molecule has 3 heterocycles. The largest absolute Gasteiger partial charge is 0.464 e. The smallest absolute Gasteiger partial charge is 0.356 e. The number of nitrogens with one attached hydrogen (secondary N) is 2. The van der Waals surface area contributed by atoms with Gasteiger partial charge in [0, 0.05) is 23.6 Å². The van der Waals surface area contributed by atoms with E-state index in [9.17, 15) is 9.59 Å². The van der Waals surface area contributed by atoms with E-state index in [1.165, 1.54) is 32.8 Å². The van der Waals surface area contributed by atoms with E-state index in [1.54, 1.807) is 12.1 Å². The van der Waals surface area contributed by atoms with Crippen molar-refractivity contribution >= 4 is 34.3 Å². The highest BCUT2D eigenvalue weighted by Crippen LogP contribution is 2.34. The quantitative estimate of drug-likeness (QED) is 0.341. The van der Waals surface area contributed by atoms with Crippen molar-refractivity contribution in [2.24, 2.45) is 0 Å². The van der Waals surface area contributed by atoms with E-state index < -0.39 is 5.97 Å². The minimum Gasteiger partial charge on any atom is -0.464 e. The van der Waals surface area contributed by atoms with E-state index >= 15 is 0 Å². The maximum atomic E-state index is 13.2. The Bertz CT molecular complexity index is 1210. The molecule has 2 N–H and O–H groups in total. The number of rotatable bonds is 7. The standard InChI is InChI=1S/C28H34N4O4/c1-35-28(34)25-24(31-27(33)19-10-5-4-6-11-19)23-16-21(30-20-12-7-2-3-8-13-20)17-29-26(23)32(25)18-22-14-9-15-36-22/h4-6,10-11,16-17,20,22,30H,2-3,7-9,12-15,18H2,1H3,(H,31,33)/t22-/m1/s1. The van der Waals surface area contributed by atoms with Crippen LogP contribution in [-0.2, 0) is 16.0 Å². The molecular weight excluding hydrogens is 456 g/mol. The Kier molecular flexibility index (Phi) is 7.51. The SMILES string of the molecule is COC(=O)c1c(NC(=O)c2ccccc2)c2cc(NC3CCCCCC3)cnc2n1C[C@H]1CCCO1. The molecule has 5 rings (SSSR count). The summed E-state index contributed by atoms with van der Waals surface area (Å²) >= 11 is 0.